The van der Waals surface area contributed by atoms with Crippen LogP contribution < -0.4 is 10.2 Å². The minimum absolute atomic E-state index is 0.0559. The number of nitrogens with one attached hydrogen (secondary N) is 1. The Morgan fingerprint density at radius 3 is 2.86 bits per heavy atom. The average Bonchev–Trinajstić information content (AvgIpc) is 3.12. The van der Waals surface area contributed by atoms with Gasteiger partial charge in [-0.2, -0.15) is 0 Å². The number of tetrazole rings is 1. The minimum atomic E-state index is -0.217. The average molecular weight is 401 g/mol. The predicted octanol–water partition coefficient (Wildman–Crippen LogP) is 3.03. The molecule has 1 saturated carbocycles. The number of thioether (sulfide) groups is 1. The van der Waals surface area contributed by atoms with Gasteiger partial charge in [0.05, 0.1) is 23.2 Å². The number of nitrogens with zero attached hydrogens (tertiary/aromatic N) is 5. The predicted molar refractivity (Wildman–Crippen MR) is 107 cm³/mol. The molecule has 2 heterocycles. The highest BCUT2D eigenvalue weighted by molar-refractivity contribution is 7.99. The molecule has 4 rings (SSSR count). The van der Waals surface area contributed by atoms with Crippen LogP contribution in [-0.4, -0.2) is 43.8 Å². The van der Waals surface area contributed by atoms with Gasteiger partial charge in [0.25, 0.3) is 0 Å². The number of fused-ring (bicyclic) bond motifs is 1. The van der Waals surface area contributed by atoms with E-state index in [0.717, 1.165) is 18.5 Å². The van der Waals surface area contributed by atoms with Crippen molar-refractivity contribution < 1.29 is 9.59 Å². The second-order valence-corrected chi connectivity index (χ2v) is 8.31. The van der Waals surface area contributed by atoms with Crippen LogP contribution in [0.2, 0.25) is 0 Å². The molecular weight excluding hydrogens is 376 g/mol. The van der Waals surface area contributed by atoms with Gasteiger partial charge in [-0.25, -0.2) is 4.68 Å². The van der Waals surface area contributed by atoms with Crippen molar-refractivity contribution in [2.75, 3.05) is 16.0 Å². The summed E-state index contributed by atoms with van der Waals surface area (Å²) in [6.07, 6.45) is 6.07. The molecule has 1 aromatic carbocycles. The molecule has 2 aliphatic rings. The highest BCUT2D eigenvalue weighted by atomic mass is 32.2. The van der Waals surface area contributed by atoms with Crippen LogP contribution >= 0.6 is 11.8 Å². The number of aromatic nitrogens is 4. The minimum Gasteiger partial charge on any atom is -0.324 e. The lowest BCUT2D eigenvalue weighted by Crippen LogP contribution is -2.40. The van der Waals surface area contributed by atoms with Crippen molar-refractivity contribution in [1.29, 1.82) is 0 Å². The fraction of sp³-hybridized carbons (Fsp3) is 0.526. The maximum atomic E-state index is 13.1. The van der Waals surface area contributed by atoms with Gasteiger partial charge in [-0.15, -0.1) is 5.10 Å². The van der Waals surface area contributed by atoms with E-state index in [4.69, 9.17) is 0 Å². The lowest BCUT2D eigenvalue weighted by Gasteiger charge is -2.27. The van der Waals surface area contributed by atoms with E-state index in [9.17, 15) is 9.59 Å². The Kier molecular flexibility index (Phi) is 5.61. The second kappa shape index (κ2) is 8.30. The number of carbonyl (C=O) groups is 2. The van der Waals surface area contributed by atoms with E-state index in [1.807, 2.05) is 35.9 Å². The molecule has 8 nitrogen and oxygen atoms in total. The number of carbonyl (C=O) groups excluding carboxylic acids is 2. The summed E-state index contributed by atoms with van der Waals surface area (Å²) in [5.41, 5.74) is 1.40. The van der Waals surface area contributed by atoms with Crippen molar-refractivity contribution in [2.45, 2.75) is 62.7 Å². The first-order valence-corrected chi connectivity index (χ1v) is 10.7. The summed E-state index contributed by atoms with van der Waals surface area (Å²) in [6, 6.07) is 7.52. The third-order valence-corrected chi connectivity index (χ3v) is 6.25. The first kappa shape index (κ1) is 18.9. The Labute approximate surface area is 168 Å². The number of benzene rings is 1. The number of anilines is 2. The van der Waals surface area contributed by atoms with Crippen LogP contribution in [0.4, 0.5) is 11.4 Å². The van der Waals surface area contributed by atoms with E-state index < -0.39 is 0 Å². The van der Waals surface area contributed by atoms with Crippen LogP contribution in [0.5, 0.6) is 0 Å². The Balaban J connectivity index is 1.50. The van der Waals surface area contributed by atoms with E-state index in [-0.39, 0.29) is 30.0 Å². The first-order valence-electron chi connectivity index (χ1n) is 9.75. The molecule has 148 valence electrons. The summed E-state index contributed by atoms with van der Waals surface area (Å²) < 4.78 is 1.88. The van der Waals surface area contributed by atoms with Crippen molar-refractivity contribution in [3.8, 4) is 0 Å². The van der Waals surface area contributed by atoms with E-state index in [2.05, 4.69) is 20.8 Å². The summed E-state index contributed by atoms with van der Waals surface area (Å²) in [5.74, 6) is 0.0868. The molecule has 1 atom stereocenters. The molecule has 0 radical (unpaired) electrons. The van der Waals surface area contributed by atoms with Crippen LogP contribution in [0.3, 0.4) is 0 Å². The van der Waals surface area contributed by atoms with Crippen LogP contribution in [0.1, 0.15) is 51.5 Å². The number of para-hydroxylation sites is 2. The third kappa shape index (κ3) is 3.89. The smallest absolute Gasteiger partial charge is 0.237 e. The molecule has 0 spiro atoms. The maximum Gasteiger partial charge on any atom is 0.237 e. The number of amides is 2. The largest absolute Gasteiger partial charge is 0.324 e. The fourth-order valence-electron chi connectivity index (χ4n) is 4.00. The Bertz CT molecular complexity index is 864. The van der Waals surface area contributed by atoms with E-state index in [0.29, 0.717) is 16.9 Å². The van der Waals surface area contributed by atoms with E-state index in [1.54, 1.807) is 4.90 Å². The molecule has 1 fully saturated rings. The lowest BCUT2D eigenvalue weighted by molar-refractivity contribution is -0.117. The van der Waals surface area contributed by atoms with Crippen LogP contribution in [-0.2, 0) is 9.59 Å². The normalized spacial score (nSPS) is 20.4. The highest BCUT2D eigenvalue weighted by Gasteiger charge is 2.30. The number of hydrogen-bond acceptors (Lipinski definition) is 6. The SMILES string of the molecule is CC1CC(=O)Nc2ccccc2N1C(=O)CSc1nnnn1C1CCCCC1. The number of rotatable bonds is 4. The quantitative estimate of drug-likeness (QED) is 0.793. The Hall–Kier alpha value is -2.42. The van der Waals surface area contributed by atoms with Crippen molar-refractivity contribution >= 4 is 35.0 Å². The summed E-state index contributed by atoms with van der Waals surface area (Å²) >= 11 is 1.36. The summed E-state index contributed by atoms with van der Waals surface area (Å²) in [4.78, 5) is 26.9. The van der Waals surface area contributed by atoms with Gasteiger partial charge in [-0.1, -0.05) is 43.2 Å². The Morgan fingerprint density at radius 2 is 2.04 bits per heavy atom. The molecule has 1 aliphatic heterocycles. The zero-order valence-electron chi connectivity index (χ0n) is 15.9. The van der Waals surface area contributed by atoms with Gasteiger partial charge in [0, 0.05) is 12.5 Å². The lowest BCUT2D eigenvalue weighted by atomic mass is 9.96. The third-order valence-electron chi connectivity index (χ3n) is 5.34. The van der Waals surface area contributed by atoms with Crippen LogP contribution in [0.25, 0.3) is 0 Å². The van der Waals surface area contributed by atoms with Crippen molar-refractivity contribution in [3.63, 3.8) is 0 Å². The van der Waals surface area contributed by atoms with E-state index >= 15 is 0 Å². The summed E-state index contributed by atoms with van der Waals surface area (Å²) in [5, 5.41) is 15.7. The van der Waals surface area contributed by atoms with Gasteiger partial charge in [-0.05, 0) is 42.3 Å². The summed E-state index contributed by atoms with van der Waals surface area (Å²) in [7, 11) is 0. The van der Waals surface area contributed by atoms with Gasteiger partial charge >= 0.3 is 0 Å². The van der Waals surface area contributed by atoms with Gasteiger partial charge in [-0.3, -0.25) is 9.59 Å². The molecule has 9 heteroatoms. The topological polar surface area (TPSA) is 93.0 Å². The second-order valence-electron chi connectivity index (χ2n) is 7.37. The van der Waals surface area contributed by atoms with Gasteiger partial charge in [0.2, 0.25) is 17.0 Å². The fourth-order valence-corrected chi connectivity index (χ4v) is 4.80. The van der Waals surface area contributed by atoms with Crippen LogP contribution in [0, 0.1) is 0 Å². The monoisotopic (exact) mass is 400 g/mol. The number of hydrogen-bond donors (Lipinski definition) is 1. The molecule has 1 aliphatic carbocycles. The molecule has 0 saturated heterocycles. The highest BCUT2D eigenvalue weighted by Crippen LogP contribution is 2.33. The first-order chi connectivity index (χ1) is 13.6. The van der Waals surface area contributed by atoms with Crippen LogP contribution in [0.15, 0.2) is 29.4 Å². The zero-order chi connectivity index (χ0) is 19.5. The maximum absolute atomic E-state index is 13.1. The molecular formula is C19H24N6O2S. The van der Waals surface area contributed by atoms with Gasteiger partial charge in [0.15, 0.2) is 0 Å². The zero-order valence-corrected chi connectivity index (χ0v) is 16.7. The van der Waals surface area contributed by atoms with Gasteiger partial charge in [0.1, 0.15) is 0 Å². The molecule has 2 amide bonds. The molecule has 28 heavy (non-hydrogen) atoms. The van der Waals surface area contributed by atoms with Crippen molar-refractivity contribution in [3.05, 3.63) is 24.3 Å². The summed E-state index contributed by atoms with van der Waals surface area (Å²) in [6.45, 7) is 1.90. The Morgan fingerprint density at radius 1 is 1.25 bits per heavy atom. The molecule has 1 unspecified atom stereocenters. The van der Waals surface area contributed by atoms with E-state index in [1.165, 1.54) is 31.0 Å². The molecule has 1 aromatic heterocycles. The standard InChI is InChI=1S/C19H24N6O2S/c1-13-11-17(26)20-15-9-5-6-10-16(15)24(13)18(27)12-28-19-21-22-23-25(19)14-7-3-2-4-8-14/h5-6,9-10,13-14H,2-4,7-8,11-12H2,1H3,(H,20,26). The molecule has 0 bridgehead atoms. The van der Waals surface area contributed by atoms with Crippen molar-refractivity contribution in [1.82, 2.24) is 20.2 Å². The molecule has 2 aromatic rings. The molecule has 1 N–H and O–H groups in total. The van der Waals surface area contributed by atoms with Gasteiger partial charge < -0.3 is 10.2 Å². The van der Waals surface area contributed by atoms with Crippen molar-refractivity contribution in [2.24, 2.45) is 0 Å².